The van der Waals surface area contributed by atoms with Gasteiger partial charge < -0.3 is 24.0 Å². The summed E-state index contributed by atoms with van der Waals surface area (Å²) in [5.41, 5.74) is 1.37. The van der Waals surface area contributed by atoms with Crippen LogP contribution in [-0.4, -0.2) is 82.8 Å². The average molecular weight is 712 g/mol. The second kappa shape index (κ2) is 13.5. The number of anilines is 1. The molecule has 0 aromatic heterocycles. The first-order valence-electron chi connectivity index (χ1n) is 17.5. The van der Waals surface area contributed by atoms with Crippen LogP contribution in [0.15, 0.2) is 53.4 Å². The molecule has 1 saturated carbocycles. The van der Waals surface area contributed by atoms with E-state index in [0.717, 1.165) is 58.0 Å². The Morgan fingerprint density at radius 1 is 1.10 bits per heavy atom. The van der Waals surface area contributed by atoms with E-state index in [-0.39, 0.29) is 47.4 Å². The van der Waals surface area contributed by atoms with Crippen molar-refractivity contribution in [3.63, 3.8) is 0 Å². The van der Waals surface area contributed by atoms with Gasteiger partial charge in [0.05, 0.1) is 29.9 Å². The zero-order valence-electron chi connectivity index (χ0n) is 28.3. The van der Waals surface area contributed by atoms with E-state index in [2.05, 4.69) is 21.8 Å². The molecule has 2 aromatic rings. The number of fused-ring (bicyclic) bond motifs is 4. The fraction of sp³-hybridized carbons (Fsp3) is 0.568. The van der Waals surface area contributed by atoms with E-state index in [4.69, 9.17) is 25.8 Å². The van der Waals surface area contributed by atoms with Crippen LogP contribution in [0.4, 0.5) is 5.69 Å². The van der Waals surface area contributed by atoms with Gasteiger partial charge >= 0.3 is 0 Å². The number of nitrogens with one attached hydrogen (secondary N) is 1. The molecular weight excluding hydrogens is 666 g/mol. The first-order valence-corrected chi connectivity index (χ1v) is 19.4. The highest BCUT2D eigenvalue weighted by atomic mass is 35.5. The lowest BCUT2D eigenvalue weighted by Gasteiger charge is -2.46. The molecule has 1 N–H and O–H groups in total. The summed E-state index contributed by atoms with van der Waals surface area (Å²) in [6.07, 6.45) is 10.2. The summed E-state index contributed by atoms with van der Waals surface area (Å²) in [5.74, 6) is 0.203. The molecule has 4 atom stereocenters. The van der Waals surface area contributed by atoms with Gasteiger partial charge in [-0.3, -0.25) is 9.59 Å². The molecule has 3 aliphatic heterocycles. The molecule has 3 heterocycles. The summed E-state index contributed by atoms with van der Waals surface area (Å²) in [6.45, 7) is 6.43. The lowest BCUT2D eigenvalue weighted by molar-refractivity contribution is -0.140. The Morgan fingerprint density at radius 3 is 2.69 bits per heavy atom. The zero-order valence-corrected chi connectivity index (χ0v) is 29.9. The maximum atomic E-state index is 13.6. The number of carbonyl (C=O) groups excluding carboxylic acids is 2. The molecule has 7 rings (SSSR count). The predicted molar refractivity (Wildman–Crippen MR) is 186 cm³/mol. The number of ether oxygens (including phenoxy) is 3. The zero-order chi connectivity index (χ0) is 34.4. The molecule has 2 aliphatic carbocycles. The topological polar surface area (TPSA) is 114 Å². The second-order valence-electron chi connectivity index (χ2n) is 14.8. The van der Waals surface area contributed by atoms with Crippen molar-refractivity contribution in [3.05, 3.63) is 64.7 Å². The molecule has 1 saturated heterocycles. The molecule has 2 aromatic carbocycles. The van der Waals surface area contributed by atoms with Crippen LogP contribution < -0.4 is 14.4 Å². The van der Waals surface area contributed by atoms with Crippen LogP contribution in [0.1, 0.15) is 63.5 Å². The van der Waals surface area contributed by atoms with Crippen LogP contribution in [0, 0.1) is 11.8 Å². The number of aryl methyl sites for hydroxylation is 1. The van der Waals surface area contributed by atoms with Gasteiger partial charge in [-0.05, 0) is 112 Å². The van der Waals surface area contributed by atoms with E-state index in [1.165, 1.54) is 17.2 Å². The Balaban J connectivity index is 1.26. The maximum Gasteiger partial charge on any atom is 0.265 e. The molecule has 0 radical (unpaired) electrons. The normalized spacial score (nSPS) is 29.9. The summed E-state index contributed by atoms with van der Waals surface area (Å²) >= 11 is 6.44. The number of halogens is 1. The van der Waals surface area contributed by atoms with E-state index in [1.807, 2.05) is 23.1 Å². The van der Waals surface area contributed by atoms with Gasteiger partial charge in [0.2, 0.25) is 5.91 Å². The van der Waals surface area contributed by atoms with Gasteiger partial charge in [0.15, 0.2) is 0 Å². The minimum absolute atomic E-state index is 0.00770. The molecular formula is C37H46ClN3O7S. The number of hydrogen-bond acceptors (Lipinski definition) is 8. The molecule has 49 heavy (non-hydrogen) atoms. The first kappa shape index (κ1) is 34.3. The first-order chi connectivity index (χ1) is 23.4. The van der Waals surface area contributed by atoms with Crippen molar-refractivity contribution in [2.75, 3.05) is 50.9 Å². The van der Waals surface area contributed by atoms with E-state index >= 15 is 0 Å². The third kappa shape index (κ3) is 6.96. The predicted octanol–water partition coefficient (Wildman–Crippen LogP) is 5.02. The highest BCUT2D eigenvalue weighted by Gasteiger charge is 2.45. The van der Waals surface area contributed by atoms with E-state index in [1.54, 1.807) is 26.0 Å². The number of likely N-dealkylation sites (tertiary alicyclic amines) is 1. The van der Waals surface area contributed by atoms with Crippen molar-refractivity contribution >= 4 is 39.1 Å². The number of carbonyl (C=O) groups is 2. The minimum atomic E-state index is -4.22. The Morgan fingerprint density at radius 2 is 1.92 bits per heavy atom. The molecule has 264 valence electrons. The number of nitrogens with zero attached hydrogens (tertiary/aromatic N) is 2. The van der Waals surface area contributed by atoms with Crippen molar-refractivity contribution in [1.29, 1.82) is 0 Å². The largest absolute Gasteiger partial charge is 0.490 e. The molecule has 0 unspecified atom stereocenters. The van der Waals surface area contributed by atoms with E-state index < -0.39 is 21.5 Å². The number of hydrogen-bond donors (Lipinski definition) is 1. The second-order valence-corrected chi connectivity index (χ2v) is 16.9. The van der Waals surface area contributed by atoms with Gasteiger partial charge in [0, 0.05) is 36.6 Å². The van der Waals surface area contributed by atoms with Crippen molar-refractivity contribution in [2.45, 2.75) is 80.8 Å². The van der Waals surface area contributed by atoms with Gasteiger partial charge in [0.25, 0.3) is 15.9 Å². The van der Waals surface area contributed by atoms with Crippen molar-refractivity contribution in [2.24, 2.45) is 11.8 Å². The summed E-state index contributed by atoms with van der Waals surface area (Å²) in [7, 11) is -4.22. The SMILES string of the molecule is CC1(C)OC/C=C\[C@H](OCC(=O)N2CCCC2)[C@@H]2CC[C@H]2CN2C[C@@]3(CCCc4cc(Cl)ccc43)COc3ccc(cc32)S(=O)(=O)NC1=O. The standard InChI is InChI=1S/C37H46ClN3O7S/c1-36(2)35(43)39-49(44,45)28-11-14-33-31(20-28)41(23-37(24-47-33)15-5-7-25-19-27(38)10-13-30(25)37)21-26-9-12-29(26)32(8-6-18-48-36)46-22-34(42)40-16-3-4-17-40/h6,8,10-11,13-14,19-20,26,29,32H,3-5,7,9,12,15-18,21-24H2,1-2H3,(H,39,43)/b8-6-/t26-,29+,32-,37-/m0/s1. The highest BCUT2D eigenvalue weighted by molar-refractivity contribution is 7.90. The molecule has 5 aliphatic rings. The van der Waals surface area contributed by atoms with Crippen molar-refractivity contribution < 1.29 is 32.2 Å². The fourth-order valence-corrected chi connectivity index (χ4v) is 9.48. The molecule has 12 heteroatoms. The number of sulfonamides is 1. The number of amides is 2. The minimum Gasteiger partial charge on any atom is -0.490 e. The van der Waals surface area contributed by atoms with Crippen LogP contribution in [0.5, 0.6) is 5.75 Å². The van der Waals surface area contributed by atoms with Gasteiger partial charge in [0.1, 0.15) is 18.0 Å². The van der Waals surface area contributed by atoms with Crippen LogP contribution in [0.2, 0.25) is 5.02 Å². The van der Waals surface area contributed by atoms with Crippen molar-refractivity contribution in [3.8, 4) is 5.75 Å². The summed E-state index contributed by atoms with van der Waals surface area (Å²) < 4.78 is 48.3. The number of rotatable bonds is 3. The van der Waals surface area contributed by atoms with Crippen LogP contribution in [-0.2, 0) is 40.9 Å². The van der Waals surface area contributed by atoms with E-state index in [9.17, 15) is 18.0 Å². The quantitative estimate of drug-likeness (QED) is 0.442. The Hall–Kier alpha value is -3.12. The lowest BCUT2D eigenvalue weighted by Crippen LogP contribution is -2.50. The average Bonchev–Trinajstić information content (AvgIpc) is 3.55. The van der Waals surface area contributed by atoms with Gasteiger partial charge in [-0.1, -0.05) is 29.8 Å². The van der Waals surface area contributed by atoms with Crippen LogP contribution in [0.25, 0.3) is 0 Å². The highest BCUT2D eigenvalue weighted by Crippen LogP contribution is 2.47. The maximum absolute atomic E-state index is 13.6. The third-order valence-corrected chi connectivity index (χ3v) is 12.7. The van der Waals surface area contributed by atoms with E-state index in [0.29, 0.717) is 36.2 Å². The van der Waals surface area contributed by atoms with Crippen molar-refractivity contribution in [1.82, 2.24) is 9.62 Å². The smallest absolute Gasteiger partial charge is 0.265 e. The Kier molecular flexibility index (Phi) is 9.49. The molecule has 2 amide bonds. The lowest BCUT2D eigenvalue weighted by atomic mass is 9.68. The Labute approximate surface area is 294 Å². The molecule has 2 fully saturated rings. The van der Waals surface area contributed by atoms with Gasteiger partial charge in [-0.2, -0.15) is 0 Å². The van der Waals surface area contributed by atoms with Crippen LogP contribution in [0.3, 0.4) is 0 Å². The van der Waals surface area contributed by atoms with Gasteiger partial charge in [-0.15, -0.1) is 0 Å². The van der Waals surface area contributed by atoms with Crippen LogP contribution >= 0.6 is 11.6 Å². The molecule has 1 spiro atoms. The molecule has 2 bridgehead atoms. The summed E-state index contributed by atoms with van der Waals surface area (Å²) in [4.78, 5) is 30.4. The summed E-state index contributed by atoms with van der Waals surface area (Å²) in [6, 6.07) is 11.0. The third-order valence-electron chi connectivity index (χ3n) is 11.2. The monoisotopic (exact) mass is 711 g/mol. The Bertz CT molecular complexity index is 1740. The summed E-state index contributed by atoms with van der Waals surface area (Å²) in [5, 5.41) is 0.712. The number of benzene rings is 2. The fourth-order valence-electron chi connectivity index (χ4n) is 8.16. The molecule has 10 nitrogen and oxygen atoms in total. The van der Waals surface area contributed by atoms with Gasteiger partial charge in [-0.25, -0.2) is 13.1 Å².